The Morgan fingerprint density at radius 1 is 1.55 bits per heavy atom. The lowest BCUT2D eigenvalue weighted by Crippen LogP contribution is -2.35. The first-order valence-electron chi connectivity index (χ1n) is 3.92. The van der Waals surface area contributed by atoms with Crippen molar-refractivity contribution in [2.75, 3.05) is 13.2 Å². The van der Waals surface area contributed by atoms with Gasteiger partial charge in [0.15, 0.2) is 0 Å². The van der Waals surface area contributed by atoms with Crippen LogP contribution in [0, 0.1) is 0 Å². The van der Waals surface area contributed by atoms with Crippen molar-refractivity contribution in [2.45, 2.75) is 32.7 Å². The quantitative estimate of drug-likeness (QED) is 0.368. The molecular weight excluding hydrogens is 144 g/mol. The van der Waals surface area contributed by atoms with E-state index in [0.717, 1.165) is 13.0 Å². The predicted molar refractivity (Wildman–Crippen MR) is 43.9 cm³/mol. The second kappa shape index (κ2) is 6.54. The van der Waals surface area contributed by atoms with Crippen LogP contribution in [0.5, 0.6) is 0 Å². The molecule has 0 aliphatic heterocycles. The van der Waals surface area contributed by atoms with Crippen LogP contribution in [0.3, 0.4) is 0 Å². The van der Waals surface area contributed by atoms with Gasteiger partial charge in [-0.25, -0.2) is 0 Å². The van der Waals surface area contributed by atoms with E-state index >= 15 is 0 Å². The summed E-state index contributed by atoms with van der Waals surface area (Å²) >= 11 is 0. The Labute approximate surface area is 67.7 Å². The van der Waals surface area contributed by atoms with Gasteiger partial charge in [-0.2, -0.15) is 0 Å². The van der Waals surface area contributed by atoms with Crippen molar-refractivity contribution in [3.63, 3.8) is 0 Å². The third-order valence-corrected chi connectivity index (χ3v) is 1.19. The smallest absolute Gasteiger partial charge is 0.107 e. The lowest BCUT2D eigenvalue weighted by molar-refractivity contribution is -0.00701. The maximum Gasteiger partial charge on any atom is 0.107 e. The van der Waals surface area contributed by atoms with Crippen LogP contribution in [-0.2, 0) is 4.74 Å². The highest BCUT2D eigenvalue weighted by atomic mass is 16.5. The topological polar surface area (TPSA) is 67.5 Å². The minimum atomic E-state index is -0.244. The molecule has 0 radical (unpaired) electrons. The molecule has 0 aromatic heterocycles. The minimum Gasteiger partial charge on any atom is -0.396 e. The zero-order valence-electron chi connectivity index (χ0n) is 7.21. The molecule has 0 saturated carbocycles. The average Bonchev–Trinajstić information content (AvgIpc) is 1.86. The number of nitrogens with two attached hydrogens (primary N) is 1. The van der Waals surface area contributed by atoms with Gasteiger partial charge < -0.3 is 15.6 Å². The van der Waals surface area contributed by atoms with Gasteiger partial charge in [-0.3, -0.25) is 5.32 Å². The summed E-state index contributed by atoms with van der Waals surface area (Å²) in [6.07, 6.45) is 0.459. The number of aliphatic hydroxyl groups is 1. The molecule has 68 valence electrons. The molecule has 0 aliphatic rings. The monoisotopic (exact) mass is 162 g/mol. The summed E-state index contributed by atoms with van der Waals surface area (Å²) in [6, 6.07) is 0. The van der Waals surface area contributed by atoms with Crippen LogP contribution in [-0.4, -0.2) is 30.7 Å². The van der Waals surface area contributed by atoms with Gasteiger partial charge in [-0.1, -0.05) is 0 Å². The SMILES string of the molecule is CC(N)OC(C)NCCCO. The lowest BCUT2D eigenvalue weighted by atomic mass is 10.4. The van der Waals surface area contributed by atoms with Crippen LogP contribution >= 0.6 is 0 Å². The molecule has 0 spiro atoms. The fraction of sp³-hybridized carbons (Fsp3) is 1.00. The second-order valence-corrected chi connectivity index (χ2v) is 2.51. The fourth-order valence-corrected chi connectivity index (χ4v) is 0.754. The van der Waals surface area contributed by atoms with Gasteiger partial charge in [0.1, 0.15) is 12.5 Å². The Bertz CT molecular complexity index is 88.5. The summed E-state index contributed by atoms with van der Waals surface area (Å²) in [5, 5.41) is 11.5. The number of hydrogen-bond acceptors (Lipinski definition) is 4. The zero-order valence-corrected chi connectivity index (χ0v) is 7.21. The molecule has 0 amide bonds. The van der Waals surface area contributed by atoms with Crippen molar-refractivity contribution in [3.8, 4) is 0 Å². The zero-order chi connectivity index (χ0) is 8.69. The summed E-state index contributed by atoms with van der Waals surface area (Å²) < 4.78 is 5.18. The molecular formula is C7H18N2O2. The summed E-state index contributed by atoms with van der Waals surface area (Å²) in [7, 11) is 0. The van der Waals surface area contributed by atoms with E-state index < -0.39 is 0 Å². The van der Waals surface area contributed by atoms with E-state index in [1.54, 1.807) is 6.92 Å². The molecule has 0 saturated heterocycles. The Balaban J connectivity index is 3.15. The van der Waals surface area contributed by atoms with Gasteiger partial charge in [0.05, 0.1) is 0 Å². The van der Waals surface area contributed by atoms with Crippen LogP contribution < -0.4 is 11.1 Å². The highest BCUT2D eigenvalue weighted by molar-refractivity contribution is 4.49. The highest BCUT2D eigenvalue weighted by Gasteiger charge is 2.01. The number of ether oxygens (including phenoxy) is 1. The molecule has 0 aliphatic carbocycles. The van der Waals surface area contributed by atoms with Crippen molar-refractivity contribution in [1.29, 1.82) is 0 Å². The first kappa shape index (κ1) is 10.8. The van der Waals surface area contributed by atoms with Crippen molar-refractivity contribution in [1.82, 2.24) is 5.32 Å². The summed E-state index contributed by atoms with van der Waals surface area (Å²) in [5.74, 6) is 0. The van der Waals surface area contributed by atoms with Crippen molar-refractivity contribution >= 4 is 0 Å². The fourth-order valence-electron chi connectivity index (χ4n) is 0.754. The molecule has 4 heteroatoms. The predicted octanol–water partition coefficient (Wildman–Crippen LogP) is -0.374. The maximum absolute atomic E-state index is 8.46. The van der Waals surface area contributed by atoms with E-state index in [4.69, 9.17) is 15.6 Å². The van der Waals surface area contributed by atoms with Crippen molar-refractivity contribution in [2.24, 2.45) is 5.73 Å². The molecule has 0 aromatic carbocycles. The van der Waals surface area contributed by atoms with Crippen LogP contribution in [0.15, 0.2) is 0 Å². The van der Waals surface area contributed by atoms with Crippen LogP contribution in [0.2, 0.25) is 0 Å². The minimum absolute atomic E-state index is 0.0402. The highest BCUT2D eigenvalue weighted by Crippen LogP contribution is 1.88. The molecule has 4 nitrogen and oxygen atoms in total. The molecule has 0 fully saturated rings. The van der Waals surface area contributed by atoms with Gasteiger partial charge in [0.25, 0.3) is 0 Å². The van der Waals surface area contributed by atoms with E-state index in [-0.39, 0.29) is 19.1 Å². The number of nitrogens with one attached hydrogen (secondary N) is 1. The maximum atomic E-state index is 8.46. The Morgan fingerprint density at radius 2 is 2.18 bits per heavy atom. The third-order valence-electron chi connectivity index (χ3n) is 1.19. The van der Waals surface area contributed by atoms with Gasteiger partial charge in [-0.15, -0.1) is 0 Å². The van der Waals surface area contributed by atoms with Gasteiger partial charge in [-0.05, 0) is 26.8 Å². The third kappa shape index (κ3) is 7.74. The van der Waals surface area contributed by atoms with E-state index in [0.29, 0.717) is 0 Å². The number of aliphatic hydroxyl groups excluding tert-OH is 1. The summed E-state index contributed by atoms with van der Waals surface area (Å²) in [6.45, 7) is 4.63. The summed E-state index contributed by atoms with van der Waals surface area (Å²) in [5.41, 5.74) is 5.39. The average molecular weight is 162 g/mol. The van der Waals surface area contributed by atoms with Crippen LogP contribution in [0.4, 0.5) is 0 Å². The normalized spacial score (nSPS) is 16.4. The molecule has 2 atom stereocenters. The Morgan fingerprint density at radius 3 is 2.64 bits per heavy atom. The molecule has 11 heavy (non-hydrogen) atoms. The van der Waals surface area contributed by atoms with Crippen LogP contribution in [0.25, 0.3) is 0 Å². The molecule has 0 bridgehead atoms. The van der Waals surface area contributed by atoms with Crippen LogP contribution in [0.1, 0.15) is 20.3 Å². The number of rotatable bonds is 6. The van der Waals surface area contributed by atoms with E-state index in [2.05, 4.69) is 5.32 Å². The van der Waals surface area contributed by atoms with Gasteiger partial charge >= 0.3 is 0 Å². The summed E-state index contributed by atoms with van der Waals surface area (Å²) in [4.78, 5) is 0. The van der Waals surface area contributed by atoms with E-state index in [1.165, 1.54) is 0 Å². The molecule has 4 N–H and O–H groups in total. The van der Waals surface area contributed by atoms with Crippen molar-refractivity contribution in [3.05, 3.63) is 0 Å². The Kier molecular flexibility index (Phi) is 6.45. The molecule has 0 rings (SSSR count). The second-order valence-electron chi connectivity index (χ2n) is 2.51. The van der Waals surface area contributed by atoms with Crippen molar-refractivity contribution < 1.29 is 9.84 Å². The lowest BCUT2D eigenvalue weighted by Gasteiger charge is -2.16. The first-order chi connectivity index (χ1) is 5.16. The largest absolute Gasteiger partial charge is 0.396 e. The standard InChI is InChI=1S/C7H18N2O2/c1-6(8)11-7(2)9-4-3-5-10/h6-7,9-10H,3-5,8H2,1-2H3. The van der Waals surface area contributed by atoms with E-state index in [9.17, 15) is 0 Å². The van der Waals surface area contributed by atoms with E-state index in [1.807, 2.05) is 6.92 Å². The Hall–Kier alpha value is -0.160. The molecule has 0 aromatic rings. The number of hydrogen-bond donors (Lipinski definition) is 3. The first-order valence-corrected chi connectivity index (χ1v) is 3.92. The van der Waals surface area contributed by atoms with Gasteiger partial charge in [0, 0.05) is 6.61 Å². The molecule has 0 heterocycles. The van der Waals surface area contributed by atoms with Gasteiger partial charge in [0.2, 0.25) is 0 Å². The molecule has 2 unspecified atom stereocenters.